The van der Waals surface area contributed by atoms with Gasteiger partial charge in [0.2, 0.25) is 0 Å². The molecule has 0 radical (unpaired) electrons. The van der Waals surface area contributed by atoms with Gasteiger partial charge in [0.05, 0.1) is 6.34 Å². The van der Waals surface area contributed by atoms with Crippen LogP contribution in [0, 0.1) is 5.41 Å². The molecule has 0 rings (SSSR count). The molecular weight excluding hydrogens is 256 g/mol. The molecule has 0 heterocycles. The van der Waals surface area contributed by atoms with Crippen LogP contribution in [0.3, 0.4) is 0 Å². The molecular formula is C19H40N2. The fourth-order valence-corrected chi connectivity index (χ4v) is 2.85. The summed E-state index contributed by atoms with van der Waals surface area (Å²) in [5, 5.41) is 9.80. The Bertz CT molecular complexity index is 192. The number of unbranched alkanes of at least 4 members (excludes halogenated alkanes) is 15. The van der Waals surface area contributed by atoms with Gasteiger partial charge in [0.1, 0.15) is 0 Å². The summed E-state index contributed by atoms with van der Waals surface area (Å²) in [7, 11) is 0. The summed E-state index contributed by atoms with van der Waals surface area (Å²) >= 11 is 0. The van der Waals surface area contributed by atoms with Crippen molar-refractivity contribution in [2.45, 2.75) is 110 Å². The van der Waals surface area contributed by atoms with E-state index in [4.69, 9.17) is 5.41 Å². The van der Waals surface area contributed by atoms with E-state index in [0.717, 1.165) is 6.54 Å². The van der Waals surface area contributed by atoms with Gasteiger partial charge in [-0.25, -0.2) is 0 Å². The molecule has 0 spiro atoms. The molecule has 0 saturated heterocycles. The van der Waals surface area contributed by atoms with Crippen molar-refractivity contribution >= 4 is 6.34 Å². The molecule has 0 aromatic carbocycles. The van der Waals surface area contributed by atoms with Crippen LogP contribution in [-0.4, -0.2) is 12.9 Å². The predicted molar refractivity (Wildman–Crippen MR) is 96.3 cm³/mol. The van der Waals surface area contributed by atoms with Crippen LogP contribution in [0.2, 0.25) is 0 Å². The first-order valence-electron chi connectivity index (χ1n) is 9.64. The molecule has 2 heteroatoms. The zero-order chi connectivity index (χ0) is 15.4. The van der Waals surface area contributed by atoms with Crippen LogP contribution in [0.1, 0.15) is 110 Å². The molecule has 0 unspecified atom stereocenters. The molecule has 126 valence electrons. The Morgan fingerprint density at radius 2 is 0.905 bits per heavy atom. The number of hydrogen-bond donors (Lipinski definition) is 2. The van der Waals surface area contributed by atoms with E-state index in [2.05, 4.69) is 12.2 Å². The lowest BCUT2D eigenvalue weighted by Gasteiger charge is -2.03. The average molecular weight is 297 g/mol. The van der Waals surface area contributed by atoms with Crippen molar-refractivity contribution in [3.05, 3.63) is 0 Å². The van der Waals surface area contributed by atoms with Gasteiger partial charge >= 0.3 is 0 Å². The van der Waals surface area contributed by atoms with Crippen molar-refractivity contribution in [1.82, 2.24) is 5.32 Å². The van der Waals surface area contributed by atoms with Crippen molar-refractivity contribution in [2.24, 2.45) is 0 Å². The zero-order valence-electron chi connectivity index (χ0n) is 14.6. The van der Waals surface area contributed by atoms with E-state index in [1.54, 1.807) is 0 Å². The fraction of sp³-hybridized carbons (Fsp3) is 0.947. The molecule has 2 nitrogen and oxygen atoms in total. The van der Waals surface area contributed by atoms with E-state index in [-0.39, 0.29) is 0 Å². The van der Waals surface area contributed by atoms with Gasteiger partial charge in [-0.15, -0.1) is 0 Å². The molecule has 2 N–H and O–H groups in total. The van der Waals surface area contributed by atoms with Crippen molar-refractivity contribution in [3.8, 4) is 0 Å². The van der Waals surface area contributed by atoms with Crippen LogP contribution in [0.15, 0.2) is 0 Å². The Balaban J connectivity index is 2.91. The maximum absolute atomic E-state index is 6.86. The molecule has 0 fully saturated rings. The van der Waals surface area contributed by atoms with Crippen LogP contribution < -0.4 is 5.32 Å². The maximum atomic E-state index is 6.86. The molecule has 0 saturated carbocycles. The minimum atomic E-state index is 0.974. The highest BCUT2D eigenvalue weighted by Crippen LogP contribution is 2.13. The van der Waals surface area contributed by atoms with Crippen LogP contribution in [0.4, 0.5) is 0 Å². The smallest absolute Gasteiger partial charge is 0.0791 e. The Morgan fingerprint density at radius 3 is 1.24 bits per heavy atom. The molecule has 0 aliphatic rings. The highest BCUT2D eigenvalue weighted by Gasteiger charge is 1.94. The summed E-state index contributed by atoms with van der Waals surface area (Å²) < 4.78 is 0. The number of rotatable bonds is 18. The largest absolute Gasteiger partial charge is 0.377 e. The lowest BCUT2D eigenvalue weighted by Crippen LogP contribution is -2.11. The molecule has 0 atom stereocenters. The first-order chi connectivity index (χ1) is 10.4. The van der Waals surface area contributed by atoms with Crippen LogP contribution in [0.25, 0.3) is 0 Å². The van der Waals surface area contributed by atoms with E-state index < -0.39 is 0 Å². The molecule has 0 aliphatic heterocycles. The Kier molecular flexibility index (Phi) is 19.0. The predicted octanol–water partition coefficient (Wildman–Crippen LogP) is 6.44. The second-order valence-corrected chi connectivity index (χ2v) is 6.40. The fourth-order valence-electron chi connectivity index (χ4n) is 2.85. The third kappa shape index (κ3) is 19.5. The molecule has 0 bridgehead atoms. The third-order valence-electron chi connectivity index (χ3n) is 4.28. The monoisotopic (exact) mass is 296 g/mol. The number of nitrogens with one attached hydrogen (secondary N) is 2. The minimum absolute atomic E-state index is 0.974. The first kappa shape index (κ1) is 20.5. The lowest BCUT2D eigenvalue weighted by atomic mass is 10.0. The second kappa shape index (κ2) is 19.5. The molecule has 0 aliphatic carbocycles. The van der Waals surface area contributed by atoms with Crippen LogP contribution >= 0.6 is 0 Å². The topological polar surface area (TPSA) is 35.9 Å². The van der Waals surface area contributed by atoms with E-state index >= 15 is 0 Å². The lowest BCUT2D eigenvalue weighted by molar-refractivity contribution is 0.529. The summed E-state index contributed by atoms with van der Waals surface area (Å²) in [6.45, 7) is 3.26. The standard InChI is InChI=1S/C19H40N2/c1-2-3-4-5-6-7-8-9-10-11-12-13-14-15-16-17-18-21-19-20/h19H,2-18H2,1H3,(H2,20,21). The van der Waals surface area contributed by atoms with Gasteiger partial charge in [0, 0.05) is 6.54 Å². The first-order valence-corrected chi connectivity index (χ1v) is 9.64. The van der Waals surface area contributed by atoms with Crippen molar-refractivity contribution in [3.63, 3.8) is 0 Å². The molecule has 0 aromatic heterocycles. The zero-order valence-corrected chi connectivity index (χ0v) is 14.6. The van der Waals surface area contributed by atoms with E-state index in [0.29, 0.717) is 0 Å². The maximum Gasteiger partial charge on any atom is 0.0791 e. The summed E-state index contributed by atoms with van der Waals surface area (Å²) in [6, 6.07) is 0. The summed E-state index contributed by atoms with van der Waals surface area (Å²) in [4.78, 5) is 0. The Hall–Kier alpha value is -0.530. The van der Waals surface area contributed by atoms with Gasteiger partial charge in [-0.1, -0.05) is 103 Å². The molecule has 0 aromatic rings. The highest BCUT2D eigenvalue weighted by atomic mass is 14.9. The SMILES string of the molecule is CCCCCCCCCCCCCCCCCCNC=N. The summed E-state index contributed by atoms with van der Waals surface area (Å²) in [6.07, 6.45) is 23.9. The summed E-state index contributed by atoms with van der Waals surface area (Å²) in [5.74, 6) is 0. The van der Waals surface area contributed by atoms with E-state index in [1.165, 1.54) is 109 Å². The van der Waals surface area contributed by atoms with Crippen LogP contribution in [0.5, 0.6) is 0 Å². The summed E-state index contributed by atoms with van der Waals surface area (Å²) in [5.41, 5.74) is 0. The Morgan fingerprint density at radius 1 is 0.571 bits per heavy atom. The van der Waals surface area contributed by atoms with Gasteiger partial charge < -0.3 is 5.32 Å². The van der Waals surface area contributed by atoms with Gasteiger partial charge in [-0.2, -0.15) is 0 Å². The van der Waals surface area contributed by atoms with Crippen LogP contribution in [-0.2, 0) is 0 Å². The van der Waals surface area contributed by atoms with Crippen molar-refractivity contribution in [1.29, 1.82) is 5.41 Å². The van der Waals surface area contributed by atoms with Gasteiger partial charge in [0.25, 0.3) is 0 Å². The normalized spacial score (nSPS) is 10.7. The van der Waals surface area contributed by atoms with E-state index in [9.17, 15) is 0 Å². The quantitative estimate of drug-likeness (QED) is 0.170. The second-order valence-electron chi connectivity index (χ2n) is 6.40. The Labute approximate surface area is 134 Å². The number of hydrogen-bond acceptors (Lipinski definition) is 1. The van der Waals surface area contributed by atoms with Crippen molar-refractivity contribution in [2.75, 3.05) is 6.54 Å². The minimum Gasteiger partial charge on any atom is -0.377 e. The van der Waals surface area contributed by atoms with E-state index in [1.807, 2.05) is 0 Å². The van der Waals surface area contributed by atoms with Gasteiger partial charge in [-0.05, 0) is 6.42 Å². The van der Waals surface area contributed by atoms with Gasteiger partial charge in [-0.3, -0.25) is 5.41 Å². The molecule has 0 amide bonds. The van der Waals surface area contributed by atoms with Crippen molar-refractivity contribution < 1.29 is 0 Å². The average Bonchev–Trinajstić information content (AvgIpc) is 2.50. The van der Waals surface area contributed by atoms with Gasteiger partial charge in [0.15, 0.2) is 0 Å². The molecule has 21 heavy (non-hydrogen) atoms. The highest BCUT2D eigenvalue weighted by molar-refractivity contribution is 5.49. The third-order valence-corrected chi connectivity index (χ3v) is 4.28.